The molecule has 1 aliphatic heterocycles. The molecule has 162 valence electrons. The molecule has 0 atom stereocenters. The lowest BCUT2D eigenvalue weighted by Crippen LogP contribution is -2.34. The Morgan fingerprint density at radius 3 is 2.57 bits per heavy atom. The number of aromatic nitrogens is 1. The molecule has 1 aromatic heterocycles. The Balaban J connectivity index is 1.49. The molecule has 1 N–H and O–H groups in total. The molecule has 7 heteroatoms. The Hall–Kier alpha value is -1.79. The van der Waals surface area contributed by atoms with Crippen LogP contribution < -0.4 is 5.32 Å². The molecule has 0 bridgehead atoms. The number of amides is 1. The number of alkyl halides is 2. The van der Waals surface area contributed by atoms with Crippen molar-refractivity contribution in [3.8, 4) is 0 Å². The van der Waals surface area contributed by atoms with Gasteiger partial charge in [0.1, 0.15) is 0 Å². The fourth-order valence-electron chi connectivity index (χ4n) is 4.59. The van der Waals surface area contributed by atoms with Crippen molar-refractivity contribution in [2.75, 3.05) is 26.7 Å². The quantitative estimate of drug-likeness (QED) is 0.713. The second-order valence-electron chi connectivity index (χ2n) is 8.81. The number of pyridine rings is 1. The number of halogens is 3. The van der Waals surface area contributed by atoms with Crippen LogP contribution in [0.1, 0.15) is 60.5 Å². The third-order valence-corrected chi connectivity index (χ3v) is 6.91. The topological polar surface area (TPSA) is 45.2 Å². The van der Waals surface area contributed by atoms with E-state index in [0.29, 0.717) is 35.9 Å². The van der Waals surface area contributed by atoms with Crippen molar-refractivity contribution >= 4 is 28.4 Å². The zero-order valence-electron chi connectivity index (χ0n) is 17.3. The molecule has 2 fully saturated rings. The third kappa shape index (κ3) is 4.75. The fourth-order valence-corrected chi connectivity index (χ4v) is 4.84. The molecule has 4 nitrogen and oxygen atoms in total. The van der Waals surface area contributed by atoms with Crippen LogP contribution in [-0.4, -0.2) is 48.4 Å². The first-order valence-corrected chi connectivity index (χ1v) is 11.1. The molecule has 1 aliphatic carbocycles. The summed E-state index contributed by atoms with van der Waals surface area (Å²) in [5.41, 5.74) is 2.24. The highest BCUT2D eigenvalue weighted by Crippen LogP contribution is 2.36. The number of piperidine rings is 1. The summed E-state index contributed by atoms with van der Waals surface area (Å²) in [4.78, 5) is 20.1. The van der Waals surface area contributed by atoms with E-state index in [9.17, 15) is 13.6 Å². The molecule has 2 aliphatic rings. The monoisotopic (exact) mass is 435 g/mol. The molecule has 1 saturated heterocycles. The minimum absolute atomic E-state index is 0.0801. The second kappa shape index (κ2) is 8.75. The summed E-state index contributed by atoms with van der Waals surface area (Å²) in [7, 11) is 2.13. The Morgan fingerprint density at radius 2 is 1.87 bits per heavy atom. The lowest BCUT2D eigenvalue weighted by atomic mass is 9.87. The van der Waals surface area contributed by atoms with Gasteiger partial charge in [-0.15, -0.1) is 0 Å². The number of carbonyl (C=O) groups excluding carboxylic acids is 1. The zero-order valence-corrected chi connectivity index (χ0v) is 18.0. The van der Waals surface area contributed by atoms with E-state index < -0.39 is 5.92 Å². The van der Waals surface area contributed by atoms with Crippen LogP contribution >= 0.6 is 11.6 Å². The summed E-state index contributed by atoms with van der Waals surface area (Å²) in [6.45, 7) is 2.51. The summed E-state index contributed by atoms with van der Waals surface area (Å²) in [5, 5.41) is 4.02. The Morgan fingerprint density at radius 1 is 1.17 bits per heavy atom. The molecule has 0 radical (unpaired) electrons. The van der Waals surface area contributed by atoms with E-state index >= 15 is 0 Å². The molecule has 2 heterocycles. The maximum Gasteiger partial charge on any atom is 0.253 e. The van der Waals surface area contributed by atoms with Crippen molar-refractivity contribution in [2.24, 2.45) is 5.92 Å². The molecular formula is C23H28ClF2N3O. The van der Waals surface area contributed by atoms with E-state index in [-0.39, 0.29) is 24.7 Å². The Kier molecular flexibility index (Phi) is 6.26. The SMILES string of the molecule is CN1CCC(c2ccc3c(C(=O)NCC4CCC(F)(F)CC4)c(Cl)ccc3n2)CC1. The number of carbonyl (C=O) groups is 1. The van der Waals surface area contributed by atoms with E-state index in [1.165, 1.54) is 0 Å². The predicted octanol–water partition coefficient (Wildman–Crippen LogP) is 5.25. The van der Waals surface area contributed by atoms with Crippen LogP contribution in [0, 0.1) is 5.92 Å². The lowest BCUT2D eigenvalue weighted by Gasteiger charge is -2.28. The van der Waals surface area contributed by atoms with Crippen LogP contribution in [-0.2, 0) is 0 Å². The van der Waals surface area contributed by atoms with Crippen LogP contribution in [0.25, 0.3) is 10.9 Å². The van der Waals surface area contributed by atoms with Crippen LogP contribution in [0.5, 0.6) is 0 Å². The number of benzene rings is 1. The van der Waals surface area contributed by atoms with Crippen LogP contribution in [0.15, 0.2) is 24.3 Å². The van der Waals surface area contributed by atoms with Gasteiger partial charge in [-0.2, -0.15) is 0 Å². The standard InChI is InChI=1S/C23H28ClF2N3O/c1-29-12-8-16(9-13-29)19-4-2-17-20(28-19)5-3-18(24)21(17)22(30)27-14-15-6-10-23(25,26)11-7-15/h2-5,15-16H,6-14H2,1H3,(H,27,30). The third-order valence-electron chi connectivity index (χ3n) is 6.59. The molecule has 1 amide bonds. The Labute approximate surface area is 181 Å². The van der Waals surface area contributed by atoms with Gasteiger partial charge in [0.05, 0.1) is 16.1 Å². The minimum Gasteiger partial charge on any atom is -0.352 e. The number of hydrogen-bond acceptors (Lipinski definition) is 3. The Bertz CT molecular complexity index is 918. The van der Waals surface area contributed by atoms with E-state index in [4.69, 9.17) is 16.6 Å². The predicted molar refractivity (Wildman–Crippen MR) is 115 cm³/mol. The normalized spacial score (nSPS) is 21.1. The second-order valence-corrected chi connectivity index (χ2v) is 9.22. The van der Waals surface area contributed by atoms with Crippen molar-refractivity contribution in [1.29, 1.82) is 0 Å². The number of likely N-dealkylation sites (tertiary alicyclic amines) is 1. The first-order chi connectivity index (χ1) is 14.3. The maximum atomic E-state index is 13.3. The lowest BCUT2D eigenvalue weighted by molar-refractivity contribution is -0.0452. The van der Waals surface area contributed by atoms with Gasteiger partial charge in [0.25, 0.3) is 5.91 Å². The average molecular weight is 436 g/mol. The van der Waals surface area contributed by atoms with Crippen molar-refractivity contribution in [1.82, 2.24) is 15.2 Å². The van der Waals surface area contributed by atoms with E-state index in [1.54, 1.807) is 6.07 Å². The highest BCUT2D eigenvalue weighted by molar-refractivity contribution is 6.35. The molecule has 2 aromatic rings. The van der Waals surface area contributed by atoms with Crippen LogP contribution in [0.4, 0.5) is 8.78 Å². The number of nitrogens with one attached hydrogen (secondary N) is 1. The van der Waals surface area contributed by atoms with Gasteiger partial charge in [-0.1, -0.05) is 17.7 Å². The fraction of sp³-hybridized carbons (Fsp3) is 0.565. The van der Waals surface area contributed by atoms with E-state index in [1.807, 2.05) is 18.2 Å². The van der Waals surface area contributed by atoms with Crippen molar-refractivity contribution in [2.45, 2.75) is 50.4 Å². The smallest absolute Gasteiger partial charge is 0.253 e. The number of nitrogens with zero attached hydrogens (tertiary/aromatic N) is 2. The molecule has 0 unspecified atom stereocenters. The molecule has 4 rings (SSSR count). The van der Waals surface area contributed by atoms with E-state index in [2.05, 4.69) is 17.3 Å². The molecule has 1 saturated carbocycles. The van der Waals surface area contributed by atoms with Gasteiger partial charge in [0.2, 0.25) is 5.92 Å². The van der Waals surface area contributed by atoms with Gasteiger partial charge in [-0.25, -0.2) is 8.78 Å². The summed E-state index contributed by atoms with van der Waals surface area (Å²) in [5.74, 6) is -2.31. The van der Waals surface area contributed by atoms with Crippen LogP contribution in [0.3, 0.4) is 0 Å². The summed E-state index contributed by atoms with van der Waals surface area (Å²) >= 11 is 6.37. The molecule has 0 spiro atoms. The van der Waals surface area contributed by atoms with Crippen molar-refractivity contribution in [3.63, 3.8) is 0 Å². The minimum atomic E-state index is -2.56. The average Bonchev–Trinajstić information content (AvgIpc) is 2.73. The van der Waals surface area contributed by atoms with Gasteiger partial charge < -0.3 is 10.2 Å². The zero-order chi connectivity index (χ0) is 21.3. The highest BCUT2D eigenvalue weighted by Gasteiger charge is 2.35. The van der Waals surface area contributed by atoms with Crippen molar-refractivity contribution < 1.29 is 13.6 Å². The molecule has 1 aromatic carbocycles. The van der Waals surface area contributed by atoms with Gasteiger partial charge >= 0.3 is 0 Å². The van der Waals surface area contributed by atoms with E-state index in [0.717, 1.165) is 42.5 Å². The molecule has 30 heavy (non-hydrogen) atoms. The van der Waals surface area contributed by atoms with Crippen LogP contribution in [0.2, 0.25) is 5.02 Å². The summed E-state index contributed by atoms with van der Waals surface area (Å²) in [6.07, 6.45) is 2.81. The van der Waals surface area contributed by atoms with Gasteiger partial charge in [0, 0.05) is 36.4 Å². The largest absolute Gasteiger partial charge is 0.352 e. The first kappa shape index (κ1) is 21.4. The number of fused-ring (bicyclic) bond motifs is 1. The summed E-state index contributed by atoms with van der Waals surface area (Å²) in [6, 6.07) is 7.52. The van der Waals surface area contributed by atoms with Gasteiger partial charge in [-0.05, 0) is 69.9 Å². The first-order valence-electron chi connectivity index (χ1n) is 10.8. The highest BCUT2D eigenvalue weighted by atomic mass is 35.5. The van der Waals surface area contributed by atoms with Crippen molar-refractivity contribution in [3.05, 3.63) is 40.5 Å². The van der Waals surface area contributed by atoms with Gasteiger partial charge in [0.15, 0.2) is 0 Å². The number of hydrogen-bond donors (Lipinski definition) is 1. The summed E-state index contributed by atoms with van der Waals surface area (Å²) < 4.78 is 26.7. The molecular weight excluding hydrogens is 408 g/mol. The maximum absolute atomic E-state index is 13.3. The van der Waals surface area contributed by atoms with Gasteiger partial charge in [-0.3, -0.25) is 9.78 Å². The number of rotatable bonds is 4.